The Balaban J connectivity index is 1.55. The molecule has 1 aromatic heterocycles. The summed E-state index contributed by atoms with van der Waals surface area (Å²) in [5.41, 5.74) is 3.61. The van der Waals surface area contributed by atoms with Gasteiger partial charge in [0.15, 0.2) is 0 Å². The number of halogens is 2. The van der Waals surface area contributed by atoms with Gasteiger partial charge >= 0.3 is 0 Å². The monoisotopic (exact) mass is 476 g/mol. The molecular formula is C19H14BrClN4O4. The number of rotatable bonds is 7. The van der Waals surface area contributed by atoms with Crippen LogP contribution in [0.5, 0.6) is 0 Å². The van der Waals surface area contributed by atoms with Crippen LogP contribution in [-0.2, 0) is 4.79 Å². The van der Waals surface area contributed by atoms with Gasteiger partial charge in [0.1, 0.15) is 11.5 Å². The first-order valence-electron chi connectivity index (χ1n) is 8.28. The molecule has 0 spiro atoms. The highest BCUT2D eigenvalue weighted by Gasteiger charge is 2.13. The minimum Gasteiger partial charge on any atom is -0.455 e. The maximum absolute atomic E-state index is 11.8. The number of carbonyl (C=O) groups excluding carboxylic acids is 1. The van der Waals surface area contributed by atoms with Crippen LogP contribution in [0, 0.1) is 10.1 Å². The van der Waals surface area contributed by atoms with Crippen molar-refractivity contribution < 1.29 is 14.1 Å². The van der Waals surface area contributed by atoms with Crippen LogP contribution in [0.15, 0.2) is 68.6 Å². The highest BCUT2D eigenvalue weighted by atomic mass is 79.9. The number of amides is 1. The third kappa shape index (κ3) is 5.66. The number of hydrazone groups is 1. The number of nitrogens with one attached hydrogen (secondary N) is 2. The molecule has 0 bridgehead atoms. The topological polar surface area (TPSA) is 110 Å². The van der Waals surface area contributed by atoms with Crippen LogP contribution in [0.3, 0.4) is 0 Å². The van der Waals surface area contributed by atoms with E-state index in [-0.39, 0.29) is 23.2 Å². The Morgan fingerprint density at radius 2 is 1.97 bits per heavy atom. The standard InChI is InChI=1S/C19H14BrClN4O4/c20-12-1-3-13(4-2-12)22-11-19(26)24-23-10-15-6-8-18(29-15)16-7-5-14(25(27)28)9-17(16)21/h1-10,22H,11H2,(H,24,26)/b23-10-. The zero-order valence-corrected chi connectivity index (χ0v) is 17.1. The molecule has 0 radical (unpaired) electrons. The molecule has 0 saturated heterocycles. The van der Waals surface area contributed by atoms with Crippen molar-refractivity contribution in [1.82, 2.24) is 5.43 Å². The normalized spacial score (nSPS) is 10.8. The van der Waals surface area contributed by atoms with E-state index in [1.54, 1.807) is 12.1 Å². The molecule has 0 fully saturated rings. The molecule has 1 amide bonds. The second-order valence-corrected chi connectivity index (χ2v) is 7.10. The van der Waals surface area contributed by atoms with Crippen LogP contribution < -0.4 is 10.7 Å². The van der Waals surface area contributed by atoms with E-state index in [9.17, 15) is 14.9 Å². The molecule has 0 atom stereocenters. The lowest BCUT2D eigenvalue weighted by atomic mass is 10.1. The van der Waals surface area contributed by atoms with Gasteiger partial charge in [0, 0.05) is 27.9 Å². The van der Waals surface area contributed by atoms with E-state index in [1.165, 1.54) is 24.4 Å². The Bertz CT molecular complexity index is 1070. The van der Waals surface area contributed by atoms with E-state index in [2.05, 4.69) is 31.8 Å². The fourth-order valence-electron chi connectivity index (χ4n) is 2.34. The minimum absolute atomic E-state index is 0.0563. The summed E-state index contributed by atoms with van der Waals surface area (Å²) in [4.78, 5) is 22.1. The summed E-state index contributed by atoms with van der Waals surface area (Å²) in [5, 5.41) is 17.8. The molecule has 8 nitrogen and oxygen atoms in total. The minimum atomic E-state index is -0.524. The van der Waals surface area contributed by atoms with Crippen molar-refractivity contribution in [1.29, 1.82) is 0 Å². The highest BCUT2D eigenvalue weighted by molar-refractivity contribution is 9.10. The molecule has 148 valence electrons. The number of hydrogen-bond acceptors (Lipinski definition) is 6. The first kappa shape index (κ1) is 20.6. The third-order valence-corrected chi connectivity index (χ3v) is 4.58. The van der Waals surface area contributed by atoms with Gasteiger partial charge in [-0.3, -0.25) is 14.9 Å². The van der Waals surface area contributed by atoms with Crippen molar-refractivity contribution in [3.8, 4) is 11.3 Å². The number of non-ortho nitro benzene ring substituents is 1. The lowest BCUT2D eigenvalue weighted by Gasteiger charge is -2.04. The van der Waals surface area contributed by atoms with Gasteiger partial charge in [-0.25, -0.2) is 5.43 Å². The van der Waals surface area contributed by atoms with Crippen LogP contribution in [0.4, 0.5) is 11.4 Å². The largest absolute Gasteiger partial charge is 0.455 e. The van der Waals surface area contributed by atoms with E-state index in [0.29, 0.717) is 17.1 Å². The van der Waals surface area contributed by atoms with Gasteiger partial charge in [0.2, 0.25) is 0 Å². The summed E-state index contributed by atoms with van der Waals surface area (Å²) < 4.78 is 6.55. The number of benzene rings is 2. The Morgan fingerprint density at radius 1 is 1.21 bits per heavy atom. The molecule has 0 aliphatic carbocycles. The first-order valence-corrected chi connectivity index (χ1v) is 9.45. The lowest BCUT2D eigenvalue weighted by Crippen LogP contribution is -2.25. The first-order chi connectivity index (χ1) is 13.9. The number of nitro benzene ring substituents is 1. The van der Waals surface area contributed by atoms with E-state index < -0.39 is 4.92 Å². The molecule has 2 aromatic carbocycles. The molecule has 29 heavy (non-hydrogen) atoms. The van der Waals surface area contributed by atoms with Gasteiger partial charge in [-0.2, -0.15) is 5.10 Å². The van der Waals surface area contributed by atoms with Crippen molar-refractivity contribution in [2.24, 2.45) is 5.10 Å². The van der Waals surface area contributed by atoms with E-state index in [0.717, 1.165) is 10.2 Å². The van der Waals surface area contributed by atoms with Gasteiger partial charge in [0.05, 0.1) is 22.7 Å². The summed E-state index contributed by atoms with van der Waals surface area (Å²) in [6, 6.07) is 14.8. The number of carbonyl (C=O) groups is 1. The van der Waals surface area contributed by atoms with Gasteiger partial charge in [-0.1, -0.05) is 27.5 Å². The fraction of sp³-hybridized carbons (Fsp3) is 0.0526. The molecule has 3 aromatic rings. The highest BCUT2D eigenvalue weighted by Crippen LogP contribution is 2.32. The van der Waals surface area contributed by atoms with Gasteiger partial charge in [-0.05, 0) is 42.5 Å². The van der Waals surface area contributed by atoms with Crippen LogP contribution in [0.1, 0.15) is 5.76 Å². The lowest BCUT2D eigenvalue weighted by molar-refractivity contribution is -0.384. The SMILES string of the molecule is O=C(CNc1ccc(Br)cc1)N/N=C\c1ccc(-c2ccc([N+](=O)[O-])cc2Cl)o1. The third-order valence-electron chi connectivity index (χ3n) is 3.73. The summed E-state index contributed by atoms with van der Waals surface area (Å²) in [6.07, 6.45) is 1.35. The van der Waals surface area contributed by atoms with Crippen LogP contribution in [0.2, 0.25) is 5.02 Å². The number of hydrogen-bond donors (Lipinski definition) is 2. The Morgan fingerprint density at radius 3 is 2.66 bits per heavy atom. The van der Waals surface area contributed by atoms with Crippen LogP contribution in [-0.4, -0.2) is 23.6 Å². The summed E-state index contributed by atoms with van der Waals surface area (Å²) in [6.45, 7) is 0.0563. The van der Waals surface area contributed by atoms with Crippen molar-refractivity contribution in [3.05, 3.63) is 80.0 Å². The molecule has 0 saturated carbocycles. The molecule has 3 rings (SSSR count). The second-order valence-electron chi connectivity index (χ2n) is 5.78. The van der Waals surface area contributed by atoms with E-state index in [1.807, 2.05) is 24.3 Å². The Kier molecular flexibility index (Phi) is 6.63. The average molecular weight is 478 g/mol. The summed E-state index contributed by atoms with van der Waals surface area (Å²) in [7, 11) is 0. The van der Waals surface area contributed by atoms with Crippen molar-refractivity contribution in [2.75, 3.05) is 11.9 Å². The number of nitrogens with zero attached hydrogens (tertiary/aromatic N) is 2. The maximum atomic E-state index is 11.8. The molecule has 0 aliphatic heterocycles. The van der Waals surface area contributed by atoms with Gasteiger partial charge in [0.25, 0.3) is 11.6 Å². The van der Waals surface area contributed by atoms with Gasteiger partial charge < -0.3 is 9.73 Å². The summed E-state index contributed by atoms with van der Waals surface area (Å²) >= 11 is 9.43. The molecule has 1 heterocycles. The average Bonchev–Trinajstić information content (AvgIpc) is 3.16. The van der Waals surface area contributed by atoms with E-state index in [4.69, 9.17) is 16.0 Å². The van der Waals surface area contributed by atoms with Crippen molar-refractivity contribution in [3.63, 3.8) is 0 Å². The zero-order chi connectivity index (χ0) is 20.8. The molecule has 2 N–H and O–H groups in total. The zero-order valence-electron chi connectivity index (χ0n) is 14.8. The predicted molar refractivity (Wildman–Crippen MR) is 114 cm³/mol. The van der Waals surface area contributed by atoms with E-state index >= 15 is 0 Å². The number of nitro groups is 1. The van der Waals surface area contributed by atoms with Gasteiger partial charge in [-0.15, -0.1) is 0 Å². The quantitative estimate of drug-likeness (QED) is 0.288. The molecular weight excluding hydrogens is 464 g/mol. The number of furan rings is 1. The maximum Gasteiger partial charge on any atom is 0.270 e. The van der Waals surface area contributed by atoms with Crippen molar-refractivity contribution in [2.45, 2.75) is 0 Å². The second kappa shape index (κ2) is 9.35. The molecule has 0 unspecified atom stereocenters. The Labute approximate surface area is 178 Å². The fourth-order valence-corrected chi connectivity index (χ4v) is 2.87. The van der Waals surface area contributed by atoms with Crippen molar-refractivity contribution >= 4 is 51.0 Å². The predicted octanol–water partition coefficient (Wildman–Crippen LogP) is 4.83. The van der Waals surface area contributed by atoms with Crippen LogP contribution >= 0.6 is 27.5 Å². The molecule has 10 heteroatoms. The smallest absolute Gasteiger partial charge is 0.270 e. The summed E-state index contributed by atoms with van der Waals surface area (Å²) in [5.74, 6) is 0.486. The number of anilines is 1. The van der Waals surface area contributed by atoms with Crippen LogP contribution in [0.25, 0.3) is 11.3 Å². The Hall–Kier alpha value is -3.17. The molecule has 0 aliphatic rings.